The minimum absolute atomic E-state index is 0.160. The van der Waals surface area contributed by atoms with Crippen LogP contribution >= 0.6 is 11.6 Å². The van der Waals surface area contributed by atoms with Gasteiger partial charge < -0.3 is 14.2 Å². The highest BCUT2D eigenvalue weighted by Gasteiger charge is 2.37. The number of nitrogens with zero attached hydrogens (tertiary/aromatic N) is 1. The molecular weight excluding hydrogens is 370 g/mol. The van der Waals surface area contributed by atoms with E-state index in [0.717, 1.165) is 16.8 Å². The van der Waals surface area contributed by atoms with Crippen molar-refractivity contribution in [2.75, 3.05) is 6.61 Å². The van der Waals surface area contributed by atoms with Crippen molar-refractivity contribution in [3.8, 4) is 0 Å². The summed E-state index contributed by atoms with van der Waals surface area (Å²) in [6, 6.07) is 9.40. The van der Waals surface area contributed by atoms with Crippen LogP contribution in [0.2, 0.25) is 0 Å². The van der Waals surface area contributed by atoms with Crippen molar-refractivity contribution < 1.29 is 23.8 Å². The van der Waals surface area contributed by atoms with E-state index in [1.165, 1.54) is 0 Å². The van der Waals surface area contributed by atoms with Crippen molar-refractivity contribution in [1.29, 1.82) is 0 Å². The highest BCUT2D eigenvalue weighted by molar-refractivity contribution is 6.26. The monoisotopic (exact) mass is 391 g/mol. The number of rotatable bonds is 5. The lowest BCUT2D eigenvalue weighted by Gasteiger charge is -2.32. The van der Waals surface area contributed by atoms with Gasteiger partial charge in [0, 0.05) is 18.3 Å². The second-order valence-electron chi connectivity index (χ2n) is 6.44. The predicted molar refractivity (Wildman–Crippen MR) is 101 cm³/mol. The molecule has 3 unspecified atom stereocenters. The summed E-state index contributed by atoms with van der Waals surface area (Å²) in [4.78, 5) is 28.4. The Kier molecular flexibility index (Phi) is 6.50. The maximum absolute atomic E-state index is 12.0. The van der Waals surface area contributed by atoms with Gasteiger partial charge in [0.15, 0.2) is 0 Å². The van der Waals surface area contributed by atoms with Crippen LogP contribution in [0.4, 0.5) is 4.79 Å². The molecule has 0 aromatic heterocycles. The quantitative estimate of drug-likeness (QED) is 0.559. The number of halogens is 1. The number of esters is 1. The molecule has 2 aliphatic rings. The molecule has 1 heterocycles. The first-order valence-electron chi connectivity index (χ1n) is 9.02. The van der Waals surface area contributed by atoms with Gasteiger partial charge in [0.1, 0.15) is 18.6 Å². The molecule has 1 aromatic carbocycles. The first-order valence-corrected chi connectivity index (χ1v) is 9.46. The Morgan fingerprint density at radius 1 is 1.22 bits per heavy atom. The van der Waals surface area contributed by atoms with Gasteiger partial charge in [-0.3, -0.25) is 9.79 Å². The highest BCUT2D eigenvalue weighted by Crippen LogP contribution is 2.37. The van der Waals surface area contributed by atoms with Gasteiger partial charge in [0.05, 0.1) is 12.0 Å². The Morgan fingerprint density at radius 2 is 2.00 bits per heavy atom. The molecule has 0 saturated heterocycles. The second kappa shape index (κ2) is 9.04. The molecule has 0 saturated carbocycles. The van der Waals surface area contributed by atoms with E-state index in [1.807, 2.05) is 30.3 Å². The first kappa shape index (κ1) is 19.4. The van der Waals surface area contributed by atoms with Gasteiger partial charge in [0.2, 0.25) is 0 Å². The van der Waals surface area contributed by atoms with Gasteiger partial charge in [-0.05, 0) is 30.9 Å². The van der Waals surface area contributed by atoms with Crippen LogP contribution in [0.25, 0.3) is 0 Å². The number of aliphatic imine (C=N–C) groups is 1. The van der Waals surface area contributed by atoms with Gasteiger partial charge in [-0.2, -0.15) is 0 Å². The summed E-state index contributed by atoms with van der Waals surface area (Å²) in [7, 11) is 0. The summed E-state index contributed by atoms with van der Waals surface area (Å²) in [6.45, 7) is 2.20. The molecule has 1 aliphatic carbocycles. The molecular formula is C20H22ClNO5. The van der Waals surface area contributed by atoms with Gasteiger partial charge in [-0.1, -0.05) is 30.3 Å². The predicted octanol–water partition coefficient (Wildman–Crippen LogP) is 4.02. The molecule has 3 rings (SSSR count). The van der Waals surface area contributed by atoms with E-state index in [4.69, 9.17) is 25.8 Å². The van der Waals surface area contributed by atoms with Crippen LogP contribution in [0, 0.1) is 5.92 Å². The Balaban J connectivity index is 1.55. The molecule has 144 valence electrons. The average Bonchev–Trinajstić information content (AvgIpc) is 2.68. The maximum Gasteiger partial charge on any atom is 0.508 e. The molecule has 3 atom stereocenters. The standard InChI is InChI=1S/C20H22ClNO5/c1-2-25-19(23)16-11-22-17-9-8-14(10-15(17)18(16)21)27-20(24)26-12-13-6-4-3-5-7-13/h3-7,11,14,16,18H,2,8-10,12H2,1H3. The molecule has 27 heavy (non-hydrogen) atoms. The third kappa shape index (κ3) is 4.89. The molecule has 0 bridgehead atoms. The topological polar surface area (TPSA) is 74.2 Å². The molecule has 1 aliphatic heterocycles. The molecule has 0 N–H and O–H groups in total. The zero-order valence-electron chi connectivity index (χ0n) is 15.1. The van der Waals surface area contributed by atoms with E-state index in [0.29, 0.717) is 19.3 Å². The summed E-state index contributed by atoms with van der Waals surface area (Å²) in [6.07, 6.45) is 2.23. The summed E-state index contributed by atoms with van der Waals surface area (Å²) < 4.78 is 15.7. The van der Waals surface area contributed by atoms with Crippen molar-refractivity contribution in [3.63, 3.8) is 0 Å². The fourth-order valence-corrected chi connectivity index (χ4v) is 3.59. The van der Waals surface area contributed by atoms with E-state index >= 15 is 0 Å². The highest BCUT2D eigenvalue weighted by atomic mass is 35.5. The largest absolute Gasteiger partial charge is 0.508 e. The van der Waals surface area contributed by atoms with Gasteiger partial charge >= 0.3 is 12.1 Å². The van der Waals surface area contributed by atoms with Crippen LogP contribution in [0.1, 0.15) is 31.7 Å². The SMILES string of the molecule is CCOC(=O)C1C=NC2=C(CC(OC(=O)OCc3ccccc3)CC2)C1Cl. The van der Waals surface area contributed by atoms with Gasteiger partial charge in [-0.15, -0.1) is 11.6 Å². The average molecular weight is 392 g/mol. The van der Waals surface area contributed by atoms with Crippen molar-refractivity contribution in [3.05, 3.63) is 47.2 Å². The van der Waals surface area contributed by atoms with Crippen LogP contribution < -0.4 is 0 Å². The normalized spacial score (nSPS) is 24.1. The van der Waals surface area contributed by atoms with E-state index in [1.54, 1.807) is 13.1 Å². The number of carbonyl (C=O) groups excluding carboxylic acids is 2. The smallest absolute Gasteiger partial charge is 0.465 e. The summed E-state index contributed by atoms with van der Waals surface area (Å²) in [5.74, 6) is -1.01. The number of hydrogen-bond acceptors (Lipinski definition) is 6. The van der Waals surface area contributed by atoms with Crippen molar-refractivity contribution in [2.24, 2.45) is 10.9 Å². The maximum atomic E-state index is 12.0. The molecule has 0 amide bonds. The lowest BCUT2D eigenvalue weighted by molar-refractivity contribution is -0.145. The molecule has 0 radical (unpaired) electrons. The van der Waals surface area contributed by atoms with Crippen molar-refractivity contribution in [1.82, 2.24) is 0 Å². The molecule has 0 fully saturated rings. The Labute approximate surface area is 163 Å². The van der Waals surface area contributed by atoms with Crippen molar-refractivity contribution >= 4 is 29.9 Å². The summed E-state index contributed by atoms with van der Waals surface area (Å²) in [5.41, 5.74) is 2.60. The lowest BCUT2D eigenvalue weighted by Crippen LogP contribution is -2.35. The summed E-state index contributed by atoms with van der Waals surface area (Å²) in [5, 5.41) is -0.539. The van der Waals surface area contributed by atoms with E-state index in [9.17, 15) is 9.59 Å². The molecule has 6 nitrogen and oxygen atoms in total. The van der Waals surface area contributed by atoms with Crippen LogP contribution in [0.5, 0.6) is 0 Å². The lowest BCUT2D eigenvalue weighted by atomic mass is 9.85. The second-order valence-corrected chi connectivity index (χ2v) is 6.91. The van der Waals surface area contributed by atoms with Crippen LogP contribution in [-0.2, 0) is 25.6 Å². The van der Waals surface area contributed by atoms with E-state index in [2.05, 4.69) is 4.99 Å². The minimum Gasteiger partial charge on any atom is -0.465 e. The van der Waals surface area contributed by atoms with Crippen LogP contribution in [-0.4, -0.2) is 36.4 Å². The summed E-state index contributed by atoms with van der Waals surface area (Å²) >= 11 is 6.51. The number of allylic oxidation sites excluding steroid dienone is 1. The Morgan fingerprint density at radius 3 is 2.74 bits per heavy atom. The number of carbonyl (C=O) groups is 2. The number of benzene rings is 1. The van der Waals surface area contributed by atoms with Crippen molar-refractivity contribution in [2.45, 2.75) is 44.3 Å². The van der Waals surface area contributed by atoms with E-state index < -0.39 is 23.4 Å². The zero-order valence-corrected chi connectivity index (χ0v) is 15.9. The number of hydrogen-bond donors (Lipinski definition) is 0. The van der Waals surface area contributed by atoms with Gasteiger partial charge in [0.25, 0.3) is 0 Å². The number of ether oxygens (including phenoxy) is 3. The molecule has 0 spiro atoms. The third-order valence-electron chi connectivity index (χ3n) is 4.58. The van der Waals surface area contributed by atoms with E-state index in [-0.39, 0.29) is 19.3 Å². The Hall–Kier alpha value is -2.34. The minimum atomic E-state index is -0.708. The molecule has 7 heteroatoms. The molecule has 1 aromatic rings. The Bertz CT molecular complexity index is 746. The fraction of sp³-hybridized carbons (Fsp3) is 0.450. The van der Waals surface area contributed by atoms with Gasteiger partial charge in [-0.25, -0.2) is 4.79 Å². The zero-order chi connectivity index (χ0) is 19.2. The number of alkyl halides is 1. The fourth-order valence-electron chi connectivity index (χ4n) is 3.21. The third-order valence-corrected chi connectivity index (χ3v) is 5.12. The van der Waals surface area contributed by atoms with Crippen LogP contribution in [0.15, 0.2) is 46.6 Å². The van der Waals surface area contributed by atoms with Crippen LogP contribution in [0.3, 0.4) is 0 Å². The first-order chi connectivity index (χ1) is 13.1.